The molecule has 3 aromatic heterocycles. The second-order valence-electron chi connectivity index (χ2n) is 6.07. The molecule has 0 saturated carbocycles. The first-order valence-electron chi connectivity index (χ1n) is 7.94. The van der Waals surface area contributed by atoms with Crippen LogP contribution in [-0.2, 0) is 27.1 Å². The predicted octanol–water partition coefficient (Wildman–Crippen LogP) is 0.272. The lowest BCUT2D eigenvalue weighted by atomic mass is 10.1. The molecule has 0 atom stereocenters. The second kappa shape index (κ2) is 5.69. The van der Waals surface area contributed by atoms with Gasteiger partial charge in [0.15, 0.2) is 5.69 Å². The second-order valence-corrected chi connectivity index (χ2v) is 6.07. The van der Waals surface area contributed by atoms with Crippen LogP contribution < -0.4 is 10.6 Å². The van der Waals surface area contributed by atoms with Gasteiger partial charge in [0.1, 0.15) is 5.82 Å². The van der Waals surface area contributed by atoms with Crippen LogP contribution in [0.5, 0.6) is 0 Å². The number of imidazole rings is 1. The monoisotopic (exact) mass is 338 g/mol. The minimum absolute atomic E-state index is 0.326. The highest BCUT2D eigenvalue weighted by atomic mass is 16.1. The van der Waals surface area contributed by atoms with Crippen molar-refractivity contribution in [1.82, 2.24) is 29.3 Å². The van der Waals surface area contributed by atoms with Crippen molar-refractivity contribution in [2.45, 2.75) is 13.0 Å². The van der Waals surface area contributed by atoms with Gasteiger partial charge < -0.3 is 15.2 Å². The third-order valence-electron chi connectivity index (χ3n) is 4.48. The lowest BCUT2D eigenvalue weighted by Crippen LogP contribution is -2.33. The highest BCUT2D eigenvalue weighted by Crippen LogP contribution is 2.25. The fraction of sp³-hybridized carbons (Fsp3) is 0.312. The number of aromatic nitrogens is 6. The Morgan fingerprint density at radius 1 is 1.20 bits per heavy atom. The largest absolute Gasteiger partial charge is 0.364 e. The Morgan fingerprint density at radius 3 is 2.60 bits per heavy atom. The average Bonchev–Trinajstić information content (AvgIpc) is 3.18. The third-order valence-corrected chi connectivity index (χ3v) is 4.48. The molecule has 0 bridgehead atoms. The molecular weight excluding hydrogens is 320 g/mol. The number of carbonyl (C=O) groups excluding carboxylic acids is 1. The Hall–Kier alpha value is -3.23. The van der Waals surface area contributed by atoms with Gasteiger partial charge in [0, 0.05) is 63.1 Å². The summed E-state index contributed by atoms with van der Waals surface area (Å²) in [4.78, 5) is 26.9. The lowest BCUT2D eigenvalue weighted by molar-refractivity contribution is 0.0994. The van der Waals surface area contributed by atoms with Crippen molar-refractivity contribution in [3.8, 4) is 11.4 Å². The van der Waals surface area contributed by atoms with Crippen LogP contribution in [0, 0.1) is 0 Å². The summed E-state index contributed by atoms with van der Waals surface area (Å²) in [5, 5.41) is 4.24. The Bertz CT molecular complexity index is 940. The predicted molar refractivity (Wildman–Crippen MR) is 90.7 cm³/mol. The van der Waals surface area contributed by atoms with E-state index in [1.807, 2.05) is 29.8 Å². The van der Waals surface area contributed by atoms with Crippen LogP contribution in [0.2, 0.25) is 0 Å². The molecule has 128 valence electrons. The molecule has 1 aliphatic heterocycles. The number of amides is 1. The van der Waals surface area contributed by atoms with Gasteiger partial charge in [0.25, 0.3) is 5.91 Å². The molecule has 3 aromatic rings. The van der Waals surface area contributed by atoms with Crippen molar-refractivity contribution in [2.75, 3.05) is 11.4 Å². The van der Waals surface area contributed by atoms with Crippen LogP contribution in [0.3, 0.4) is 0 Å². The van der Waals surface area contributed by atoms with Crippen molar-refractivity contribution in [3.63, 3.8) is 0 Å². The molecule has 0 saturated heterocycles. The zero-order valence-corrected chi connectivity index (χ0v) is 14.0. The van der Waals surface area contributed by atoms with Gasteiger partial charge in [-0.25, -0.2) is 15.0 Å². The Kier molecular flexibility index (Phi) is 3.48. The number of hydrogen-bond donors (Lipinski definition) is 1. The van der Waals surface area contributed by atoms with Gasteiger partial charge in [-0.1, -0.05) is 0 Å². The van der Waals surface area contributed by atoms with Crippen LogP contribution in [0.15, 0.2) is 24.8 Å². The van der Waals surface area contributed by atoms with Gasteiger partial charge in [-0.3, -0.25) is 9.48 Å². The molecule has 0 spiro atoms. The summed E-state index contributed by atoms with van der Waals surface area (Å²) in [5.74, 6) is 0.920. The standard InChI is InChI=1S/C16H18N8O/c1-22-6-4-18-15(22)10-7-19-16(20-8-10)24-5-3-12-11(9-24)13(14(17)25)21-23(12)2/h4,6-8H,3,5,9H2,1-2H3,(H2,17,25). The van der Waals surface area contributed by atoms with Crippen molar-refractivity contribution < 1.29 is 4.79 Å². The molecule has 0 fully saturated rings. The van der Waals surface area contributed by atoms with E-state index in [0.29, 0.717) is 18.2 Å². The molecule has 2 N–H and O–H groups in total. The molecule has 1 aliphatic rings. The number of fused-ring (bicyclic) bond motifs is 1. The smallest absolute Gasteiger partial charge is 0.269 e. The zero-order chi connectivity index (χ0) is 17.6. The summed E-state index contributed by atoms with van der Waals surface area (Å²) < 4.78 is 3.65. The first-order valence-corrected chi connectivity index (χ1v) is 7.94. The number of rotatable bonds is 3. The Balaban J connectivity index is 1.62. The first kappa shape index (κ1) is 15.3. The van der Waals surface area contributed by atoms with Gasteiger partial charge in [0.2, 0.25) is 5.95 Å². The quantitative estimate of drug-likeness (QED) is 0.734. The molecule has 0 radical (unpaired) electrons. The molecular formula is C16H18N8O. The van der Waals surface area contributed by atoms with Crippen molar-refractivity contribution in [2.24, 2.45) is 19.8 Å². The van der Waals surface area contributed by atoms with E-state index in [2.05, 4.69) is 20.1 Å². The molecule has 4 heterocycles. The minimum atomic E-state index is -0.509. The van der Waals surface area contributed by atoms with E-state index >= 15 is 0 Å². The summed E-state index contributed by atoms with van der Waals surface area (Å²) in [6, 6.07) is 0. The van der Waals surface area contributed by atoms with Gasteiger partial charge in [-0.2, -0.15) is 5.10 Å². The van der Waals surface area contributed by atoms with E-state index < -0.39 is 5.91 Å². The Labute approximate surface area is 144 Å². The van der Waals surface area contributed by atoms with Crippen LogP contribution in [-0.4, -0.2) is 41.8 Å². The minimum Gasteiger partial charge on any atom is -0.364 e. The van der Waals surface area contributed by atoms with Crippen molar-refractivity contribution in [3.05, 3.63) is 41.7 Å². The maximum atomic E-state index is 11.6. The van der Waals surface area contributed by atoms with E-state index in [4.69, 9.17) is 5.73 Å². The van der Waals surface area contributed by atoms with Gasteiger partial charge >= 0.3 is 0 Å². The number of nitrogens with zero attached hydrogens (tertiary/aromatic N) is 7. The number of primary amides is 1. The molecule has 0 unspecified atom stereocenters. The summed E-state index contributed by atoms with van der Waals surface area (Å²) in [6.45, 7) is 1.27. The lowest BCUT2D eigenvalue weighted by Gasteiger charge is -2.27. The average molecular weight is 338 g/mol. The molecule has 25 heavy (non-hydrogen) atoms. The number of nitrogens with two attached hydrogens (primary N) is 1. The van der Waals surface area contributed by atoms with Gasteiger partial charge in [-0.15, -0.1) is 0 Å². The molecule has 9 nitrogen and oxygen atoms in total. The summed E-state index contributed by atoms with van der Waals surface area (Å²) in [6.07, 6.45) is 7.90. The molecule has 0 aromatic carbocycles. The van der Waals surface area contributed by atoms with Crippen LogP contribution in [0.25, 0.3) is 11.4 Å². The summed E-state index contributed by atoms with van der Waals surface area (Å²) in [5.41, 5.74) is 8.53. The SMILES string of the molecule is Cn1ccnc1-c1cnc(N2CCc3c(c(C(N)=O)nn3C)C2)nc1. The zero-order valence-electron chi connectivity index (χ0n) is 14.0. The van der Waals surface area contributed by atoms with E-state index in [9.17, 15) is 4.79 Å². The number of carbonyl (C=O) groups is 1. The van der Waals surface area contributed by atoms with Crippen LogP contribution in [0.4, 0.5) is 5.95 Å². The van der Waals surface area contributed by atoms with Crippen molar-refractivity contribution >= 4 is 11.9 Å². The fourth-order valence-corrected chi connectivity index (χ4v) is 3.20. The van der Waals surface area contributed by atoms with E-state index in [1.54, 1.807) is 23.3 Å². The van der Waals surface area contributed by atoms with E-state index in [0.717, 1.165) is 35.6 Å². The number of anilines is 1. The Morgan fingerprint density at radius 2 is 1.96 bits per heavy atom. The summed E-state index contributed by atoms with van der Waals surface area (Å²) in [7, 11) is 3.76. The van der Waals surface area contributed by atoms with Crippen LogP contribution >= 0.6 is 0 Å². The maximum absolute atomic E-state index is 11.6. The summed E-state index contributed by atoms with van der Waals surface area (Å²) >= 11 is 0. The topological polar surface area (TPSA) is 108 Å². The van der Waals surface area contributed by atoms with Gasteiger partial charge in [-0.05, 0) is 0 Å². The maximum Gasteiger partial charge on any atom is 0.269 e. The third kappa shape index (κ3) is 2.53. The molecule has 1 amide bonds. The molecule has 0 aliphatic carbocycles. The number of aryl methyl sites for hydroxylation is 2. The molecule has 9 heteroatoms. The van der Waals surface area contributed by atoms with Gasteiger partial charge in [0.05, 0.1) is 12.1 Å². The number of hydrogen-bond acceptors (Lipinski definition) is 6. The fourth-order valence-electron chi connectivity index (χ4n) is 3.20. The normalized spacial score (nSPS) is 13.8. The first-order chi connectivity index (χ1) is 12.0. The highest BCUT2D eigenvalue weighted by molar-refractivity contribution is 5.92. The van der Waals surface area contributed by atoms with E-state index in [1.165, 1.54) is 0 Å². The molecule has 4 rings (SSSR count). The van der Waals surface area contributed by atoms with Crippen LogP contribution in [0.1, 0.15) is 21.7 Å². The van der Waals surface area contributed by atoms with Crippen molar-refractivity contribution in [1.29, 1.82) is 0 Å². The highest BCUT2D eigenvalue weighted by Gasteiger charge is 2.27. The van der Waals surface area contributed by atoms with E-state index in [-0.39, 0.29) is 0 Å².